The van der Waals surface area contributed by atoms with Gasteiger partial charge in [-0.2, -0.15) is 18.3 Å². The second-order valence-corrected chi connectivity index (χ2v) is 4.14. The quantitative estimate of drug-likeness (QED) is 0.812. The molecule has 20 heavy (non-hydrogen) atoms. The number of aldehydes is 1. The minimum atomic E-state index is -4.54. The number of halogens is 3. The van der Waals surface area contributed by atoms with Gasteiger partial charge >= 0.3 is 6.18 Å². The Morgan fingerprint density at radius 2 is 1.95 bits per heavy atom. The van der Waals surface area contributed by atoms with Crippen molar-refractivity contribution < 1.29 is 22.7 Å². The van der Waals surface area contributed by atoms with Crippen molar-refractivity contribution in [2.75, 3.05) is 0 Å². The van der Waals surface area contributed by atoms with Crippen LogP contribution in [0.1, 0.15) is 21.6 Å². The van der Waals surface area contributed by atoms with Crippen LogP contribution >= 0.6 is 0 Å². The van der Waals surface area contributed by atoms with Gasteiger partial charge in [0.15, 0.2) is 6.29 Å². The van der Waals surface area contributed by atoms with Crippen LogP contribution in [0.2, 0.25) is 0 Å². The molecule has 2 rings (SSSR count). The number of alkyl halides is 3. The summed E-state index contributed by atoms with van der Waals surface area (Å²) < 4.78 is 45.1. The molecule has 106 valence electrons. The Bertz CT molecular complexity index is 648. The fraction of sp³-hybridized carbons (Fsp3) is 0.231. The van der Waals surface area contributed by atoms with E-state index in [1.54, 1.807) is 6.92 Å². The van der Waals surface area contributed by atoms with E-state index in [2.05, 4.69) is 5.10 Å². The van der Waals surface area contributed by atoms with Crippen LogP contribution in [0.5, 0.6) is 11.6 Å². The highest BCUT2D eigenvalue weighted by atomic mass is 19.4. The van der Waals surface area contributed by atoms with Gasteiger partial charge in [0.05, 0.1) is 16.8 Å². The fourth-order valence-electron chi connectivity index (χ4n) is 1.80. The molecule has 0 radical (unpaired) electrons. The molecule has 0 saturated heterocycles. The van der Waals surface area contributed by atoms with Crippen LogP contribution in [0.25, 0.3) is 0 Å². The van der Waals surface area contributed by atoms with Gasteiger partial charge in [0.2, 0.25) is 5.88 Å². The Morgan fingerprint density at radius 3 is 2.55 bits per heavy atom. The van der Waals surface area contributed by atoms with Crippen LogP contribution in [-0.2, 0) is 13.2 Å². The highest BCUT2D eigenvalue weighted by Gasteiger charge is 2.34. The molecule has 1 aromatic heterocycles. The van der Waals surface area contributed by atoms with Gasteiger partial charge in [-0.15, -0.1) is 0 Å². The van der Waals surface area contributed by atoms with Crippen molar-refractivity contribution in [1.29, 1.82) is 0 Å². The van der Waals surface area contributed by atoms with Crippen molar-refractivity contribution in [3.63, 3.8) is 0 Å². The third-order valence-corrected chi connectivity index (χ3v) is 2.73. The lowest BCUT2D eigenvalue weighted by atomic mass is 10.2. The first-order valence-corrected chi connectivity index (χ1v) is 5.67. The molecule has 0 spiro atoms. The maximum Gasteiger partial charge on any atom is 0.419 e. The van der Waals surface area contributed by atoms with Gasteiger partial charge in [-0.05, 0) is 19.1 Å². The molecule has 1 aromatic carbocycles. The molecule has 0 fully saturated rings. The Kier molecular flexibility index (Phi) is 3.52. The molecule has 2 aromatic rings. The monoisotopic (exact) mass is 284 g/mol. The smallest absolute Gasteiger partial charge is 0.419 e. The summed E-state index contributed by atoms with van der Waals surface area (Å²) in [6, 6.07) is 4.80. The summed E-state index contributed by atoms with van der Waals surface area (Å²) in [7, 11) is 1.49. The molecule has 7 heteroatoms. The van der Waals surface area contributed by atoms with E-state index in [-0.39, 0.29) is 17.2 Å². The lowest BCUT2D eigenvalue weighted by molar-refractivity contribution is -0.138. The number of carbonyl (C=O) groups is 1. The number of hydrogen-bond acceptors (Lipinski definition) is 3. The third kappa shape index (κ3) is 2.52. The molecular weight excluding hydrogens is 273 g/mol. The Hall–Kier alpha value is -2.31. The number of nitrogens with zero attached hydrogens (tertiary/aromatic N) is 2. The molecule has 0 aliphatic heterocycles. The first kappa shape index (κ1) is 14.1. The van der Waals surface area contributed by atoms with Gasteiger partial charge in [0.25, 0.3) is 0 Å². The summed E-state index contributed by atoms with van der Waals surface area (Å²) in [5, 5.41) is 3.95. The molecule has 4 nitrogen and oxygen atoms in total. The van der Waals surface area contributed by atoms with Crippen molar-refractivity contribution in [3.05, 3.63) is 41.1 Å². The van der Waals surface area contributed by atoms with E-state index >= 15 is 0 Å². The van der Waals surface area contributed by atoms with Crippen LogP contribution in [0.3, 0.4) is 0 Å². The van der Waals surface area contributed by atoms with E-state index in [4.69, 9.17) is 4.74 Å². The van der Waals surface area contributed by atoms with E-state index in [1.807, 2.05) is 0 Å². The van der Waals surface area contributed by atoms with Crippen LogP contribution < -0.4 is 4.74 Å². The van der Waals surface area contributed by atoms with Crippen molar-refractivity contribution in [3.8, 4) is 11.6 Å². The third-order valence-electron chi connectivity index (χ3n) is 2.73. The van der Waals surface area contributed by atoms with E-state index in [0.29, 0.717) is 12.0 Å². The van der Waals surface area contributed by atoms with Gasteiger partial charge in [0.1, 0.15) is 5.75 Å². The van der Waals surface area contributed by atoms with Crippen LogP contribution in [0, 0.1) is 6.92 Å². The number of para-hydroxylation sites is 1. The zero-order chi connectivity index (χ0) is 14.9. The topological polar surface area (TPSA) is 44.1 Å². The van der Waals surface area contributed by atoms with Crippen molar-refractivity contribution in [1.82, 2.24) is 9.78 Å². The largest absolute Gasteiger partial charge is 0.438 e. The molecular formula is C13H11F3N2O2. The van der Waals surface area contributed by atoms with Gasteiger partial charge in [-0.3, -0.25) is 4.79 Å². The summed E-state index contributed by atoms with van der Waals surface area (Å²) in [5.41, 5.74) is -0.387. The predicted octanol–water partition coefficient (Wildman–Crippen LogP) is 3.35. The van der Waals surface area contributed by atoms with E-state index < -0.39 is 11.7 Å². The van der Waals surface area contributed by atoms with Crippen molar-refractivity contribution in [2.45, 2.75) is 13.1 Å². The summed E-state index contributed by atoms with van der Waals surface area (Å²) in [5.74, 6) is -0.389. The summed E-state index contributed by atoms with van der Waals surface area (Å²) >= 11 is 0. The van der Waals surface area contributed by atoms with Crippen LogP contribution in [0.4, 0.5) is 13.2 Å². The summed E-state index contributed by atoms with van der Waals surface area (Å²) in [6.07, 6.45) is -4.03. The predicted molar refractivity (Wildman–Crippen MR) is 64.9 cm³/mol. The van der Waals surface area contributed by atoms with Gasteiger partial charge < -0.3 is 4.74 Å². The summed E-state index contributed by atoms with van der Waals surface area (Å²) in [4.78, 5) is 11.0. The number of aryl methyl sites for hydroxylation is 2. The molecule has 0 bridgehead atoms. The average molecular weight is 284 g/mol. The normalized spacial score (nSPS) is 11.4. The average Bonchev–Trinajstić information content (AvgIpc) is 2.63. The fourth-order valence-corrected chi connectivity index (χ4v) is 1.80. The van der Waals surface area contributed by atoms with Crippen molar-refractivity contribution in [2.24, 2.45) is 7.05 Å². The van der Waals surface area contributed by atoms with Crippen molar-refractivity contribution >= 4 is 6.29 Å². The zero-order valence-electron chi connectivity index (χ0n) is 10.7. The molecule has 1 heterocycles. The van der Waals surface area contributed by atoms with Crippen LogP contribution in [0.15, 0.2) is 24.3 Å². The number of carbonyl (C=O) groups excluding carboxylic acids is 1. The second kappa shape index (κ2) is 4.99. The maximum atomic E-state index is 12.9. The standard InChI is InChI=1S/C13H11F3N2O2/c1-8-9(7-19)12(18(2)17-8)20-11-6-4-3-5-10(11)13(14,15)16/h3-7H,1-2H3. The molecule has 0 atom stereocenters. The van der Waals surface area contributed by atoms with Gasteiger partial charge in [0, 0.05) is 7.05 Å². The molecule has 0 unspecified atom stereocenters. The number of aromatic nitrogens is 2. The molecule has 0 saturated carbocycles. The van der Waals surface area contributed by atoms with Gasteiger partial charge in [-0.25, -0.2) is 4.68 Å². The summed E-state index contributed by atoms with van der Waals surface area (Å²) in [6.45, 7) is 1.58. The number of rotatable bonds is 3. The lowest BCUT2D eigenvalue weighted by Gasteiger charge is -2.13. The van der Waals surface area contributed by atoms with Crippen LogP contribution in [-0.4, -0.2) is 16.1 Å². The Balaban J connectivity index is 2.49. The Labute approximate surface area is 112 Å². The minimum absolute atomic E-state index is 0.0193. The second-order valence-electron chi connectivity index (χ2n) is 4.14. The molecule has 0 aliphatic rings. The molecule has 0 amide bonds. The first-order chi connectivity index (χ1) is 9.34. The highest BCUT2D eigenvalue weighted by Crippen LogP contribution is 2.38. The maximum absolute atomic E-state index is 12.9. The highest BCUT2D eigenvalue weighted by molar-refractivity contribution is 5.80. The van der Waals surface area contributed by atoms with E-state index in [9.17, 15) is 18.0 Å². The van der Waals surface area contributed by atoms with Gasteiger partial charge in [-0.1, -0.05) is 12.1 Å². The minimum Gasteiger partial charge on any atom is -0.438 e. The first-order valence-electron chi connectivity index (χ1n) is 5.67. The lowest BCUT2D eigenvalue weighted by Crippen LogP contribution is -2.08. The molecule has 0 N–H and O–H groups in total. The number of benzene rings is 1. The number of hydrogen-bond donors (Lipinski definition) is 0. The van der Waals surface area contributed by atoms with E-state index in [0.717, 1.165) is 6.07 Å². The SMILES string of the molecule is Cc1nn(C)c(Oc2ccccc2C(F)(F)F)c1C=O. The zero-order valence-corrected chi connectivity index (χ0v) is 10.7. The van der Waals surface area contributed by atoms with E-state index in [1.165, 1.54) is 29.9 Å². The number of ether oxygens (including phenoxy) is 1. The Morgan fingerprint density at radius 1 is 1.30 bits per heavy atom. The molecule has 0 aliphatic carbocycles.